The Kier molecular flexibility index (Phi) is 3.97. The Hall–Kier alpha value is -1.57. The van der Waals surface area contributed by atoms with Gasteiger partial charge in [-0.15, -0.1) is 11.3 Å². The molecule has 0 amide bonds. The average Bonchev–Trinajstić information content (AvgIpc) is 2.91. The number of aliphatic hydroxyl groups is 1. The second-order valence-corrected chi connectivity index (χ2v) is 4.68. The van der Waals surface area contributed by atoms with Crippen LogP contribution in [-0.2, 0) is 6.54 Å². The molecule has 0 saturated heterocycles. The fraction of sp³-hybridized carbons (Fsp3) is 0.308. The molecule has 0 fully saturated rings. The Morgan fingerprint density at radius 2 is 2.41 bits per heavy atom. The van der Waals surface area contributed by atoms with E-state index in [1.165, 1.54) is 4.88 Å². The number of aryl methyl sites for hydroxylation is 1. The zero-order chi connectivity index (χ0) is 12.1. The maximum absolute atomic E-state index is 8.64. The van der Waals surface area contributed by atoms with E-state index in [1.54, 1.807) is 11.3 Å². The van der Waals surface area contributed by atoms with Crippen molar-refractivity contribution in [3.63, 3.8) is 0 Å². The Balaban J connectivity index is 2.05. The molecule has 0 bridgehead atoms. The van der Waals surface area contributed by atoms with Crippen LogP contribution in [0.25, 0.3) is 0 Å². The molecule has 0 aliphatic heterocycles. The van der Waals surface area contributed by atoms with Crippen molar-refractivity contribution < 1.29 is 5.11 Å². The predicted molar refractivity (Wildman–Crippen MR) is 69.0 cm³/mol. The van der Waals surface area contributed by atoms with Gasteiger partial charge in [0.25, 0.3) is 0 Å². The molecule has 1 N–H and O–H groups in total. The normalized spacial score (nSPS) is 10.0. The van der Waals surface area contributed by atoms with E-state index in [0.717, 1.165) is 17.9 Å². The van der Waals surface area contributed by atoms with Crippen LogP contribution in [0.1, 0.15) is 22.7 Å². The lowest BCUT2D eigenvalue weighted by Crippen LogP contribution is -1.98. The first-order valence-corrected chi connectivity index (χ1v) is 6.32. The second-order valence-electron chi connectivity index (χ2n) is 3.68. The van der Waals surface area contributed by atoms with Crippen LogP contribution >= 0.6 is 11.3 Å². The average molecular weight is 246 g/mol. The minimum absolute atomic E-state index is 0.123. The van der Waals surface area contributed by atoms with Crippen LogP contribution in [-0.4, -0.2) is 21.3 Å². The summed E-state index contributed by atoms with van der Waals surface area (Å²) in [5, 5.41) is 10.7. The standard InChI is InChI=1S/C13H14N2OS/c1-11-14-5-6-15(11)9-13-8-12(10-17-13)4-2-3-7-16/h5-6,8,10,16H,3,7,9H2,1H3. The summed E-state index contributed by atoms with van der Waals surface area (Å²) in [6.45, 7) is 2.96. The molecule has 0 unspecified atom stereocenters. The van der Waals surface area contributed by atoms with E-state index in [4.69, 9.17) is 5.11 Å². The molecule has 2 rings (SSSR count). The molecule has 2 aromatic rings. The highest BCUT2D eigenvalue weighted by atomic mass is 32.1. The molecule has 2 aromatic heterocycles. The highest BCUT2D eigenvalue weighted by molar-refractivity contribution is 7.10. The van der Waals surface area contributed by atoms with Gasteiger partial charge in [0.1, 0.15) is 5.82 Å². The van der Waals surface area contributed by atoms with Crippen molar-refractivity contribution in [3.05, 3.63) is 40.1 Å². The van der Waals surface area contributed by atoms with Crippen molar-refractivity contribution in [3.8, 4) is 11.8 Å². The molecule has 0 atom stereocenters. The maximum Gasteiger partial charge on any atom is 0.105 e. The zero-order valence-electron chi connectivity index (χ0n) is 9.68. The van der Waals surface area contributed by atoms with Crippen LogP contribution in [0.2, 0.25) is 0 Å². The molecular formula is C13H14N2OS. The van der Waals surface area contributed by atoms with E-state index in [-0.39, 0.29) is 6.61 Å². The number of imidazole rings is 1. The quantitative estimate of drug-likeness (QED) is 0.842. The summed E-state index contributed by atoms with van der Waals surface area (Å²) in [5.74, 6) is 6.98. The number of aromatic nitrogens is 2. The van der Waals surface area contributed by atoms with Gasteiger partial charge in [-0.3, -0.25) is 0 Å². The number of nitrogens with zero attached hydrogens (tertiary/aromatic N) is 2. The van der Waals surface area contributed by atoms with E-state index < -0.39 is 0 Å². The molecule has 88 valence electrons. The van der Waals surface area contributed by atoms with E-state index in [9.17, 15) is 0 Å². The van der Waals surface area contributed by atoms with Crippen LogP contribution in [0, 0.1) is 18.8 Å². The van der Waals surface area contributed by atoms with Crippen molar-refractivity contribution in [2.24, 2.45) is 0 Å². The summed E-state index contributed by atoms with van der Waals surface area (Å²) < 4.78 is 2.11. The number of aliphatic hydroxyl groups excluding tert-OH is 1. The molecule has 3 nitrogen and oxygen atoms in total. The van der Waals surface area contributed by atoms with Crippen LogP contribution in [0.3, 0.4) is 0 Å². The van der Waals surface area contributed by atoms with Gasteiger partial charge in [0.15, 0.2) is 0 Å². The molecule has 0 saturated carbocycles. The lowest BCUT2D eigenvalue weighted by atomic mass is 10.3. The smallest absolute Gasteiger partial charge is 0.105 e. The third-order valence-corrected chi connectivity index (χ3v) is 3.29. The second kappa shape index (κ2) is 5.67. The Labute approximate surface area is 105 Å². The summed E-state index contributed by atoms with van der Waals surface area (Å²) in [6, 6.07) is 2.09. The topological polar surface area (TPSA) is 38.0 Å². The largest absolute Gasteiger partial charge is 0.395 e. The SMILES string of the molecule is Cc1nccn1Cc1cc(C#CCCO)cs1. The first kappa shape index (κ1) is 11.9. The van der Waals surface area contributed by atoms with Crippen molar-refractivity contribution in [1.82, 2.24) is 9.55 Å². The first-order chi connectivity index (χ1) is 8.29. The molecule has 2 heterocycles. The van der Waals surface area contributed by atoms with Crippen molar-refractivity contribution >= 4 is 11.3 Å². The summed E-state index contributed by atoms with van der Waals surface area (Å²) in [6.07, 6.45) is 4.32. The number of hydrogen-bond donors (Lipinski definition) is 1. The van der Waals surface area contributed by atoms with Crippen LogP contribution in [0.15, 0.2) is 23.8 Å². The summed E-state index contributed by atoms with van der Waals surface area (Å²) >= 11 is 1.70. The molecule has 0 spiro atoms. The lowest BCUT2D eigenvalue weighted by Gasteiger charge is -2.01. The van der Waals surface area contributed by atoms with Gasteiger partial charge in [0.05, 0.1) is 13.2 Å². The lowest BCUT2D eigenvalue weighted by molar-refractivity contribution is 0.305. The zero-order valence-corrected chi connectivity index (χ0v) is 10.5. The predicted octanol–water partition coefficient (Wildman–Crippen LogP) is 2.04. The van der Waals surface area contributed by atoms with Crippen molar-refractivity contribution in [2.45, 2.75) is 19.9 Å². The van der Waals surface area contributed by atoms with Gasteiger partial charge in [-0.1, -0.05) is 11.8 Å². The first-order valence-electron chi connectivity index (χ1n) is 5.44. The highest BCUT2D eigenvalue weighted by Crippen LogP contribution is 2.15. The van der Waals surface area contributed by atoms with Gasteiger partial charge in [-0.05, 0) is 13.0 Å². The van der Waals surface area contributed by atoms with Crippen molar-refractivity contribution in [2.75, 3.05) is 6.61 Å². The molecule has 17 heavy (non-hydrogen) atoms. The van der Waals surface area contributed by atoms with Crippen LogP contribution in [0.4, 0.5) is 0 Å². The molecule has 0 aliphatic rings. The number of hydrogen-bond acceptors (Lipinski definition) is 3. The van der Waals surface area contributed by atoms with Crippen LogP contribution in [0.5, 0.6) is 0 Å². The Morgan fingerprint density at radius 1 is 1.53 bits per heavy atom. The van der Waals surface area contributed by atoms with E-state index in [0.29, 0.717) is 6.42 Å². The number of thiophene rings is 1. The van der Waals surface area contributed by atoms with Gasteiger partial charge in [-0.25, -0.2) is 4.98 Å². The van der Waals surface area contributed by atoms with E-state index in [2.05, 4.69) is 27.5 Å². The minimum atomic E-state index is 0.123. The van der Waals surface area contributed by atoms with Gasteiger partial charge >= 0.3 is 0 Å². The van der Waals surface area contributed by atoms with Crippen molar-refractivity contribution in [1.29, 1.82) is 0 Å². The van der Waals surface area contributed by atoms with E-state index in [1.807, 2.05) is 24.7 Å². The third kappa shape index (κ3) is 3.19. The third-order valence-electron chi connectivity index (χ3n) is 2.37. The maximum atomic E-state index is 8.64. The van der Waals surface area contributed by atoms with Crippen LogP contribution < -0.4 is 0 Å². The summed E-state index contributed by atoms with van der Waals surface area (Å²) in [4.78, 5) is 5.46. The van der Waals surface area contributed by atoms with E-state index >= 15 is 0 Å². The molecule has 0 radical (unpaired) electrons. The molecule has 0 aromatic carbocycles. The number of rotatable bonds is 3. The Morgan fingerprint density at radius 3 is 3.12 bits per heavy atom. The fourth-order valence-electron chi connectivity index (χ4n) is 1.49. The molecule has 4 heteroatoms. The van der Waals surface area contributed by atoms with Gasteiger partial charge < -0.3 is 9.67 Å². The van der Waals surface area contributed by atoms with Gasteiger partial charge in [0, 0.05) is 34.6 Å². The molecule has 0 aliphatic carbocycles. The Bertz CT molecular complexity index is 545. The monoisotopic (exact) mass is 246 g/mol. The minimum Gasteiger partial charge on any atom is -0.395 e. The fourth-order valence-corrected chi connectivity index (χ4v) is 2.30. The highest BCUT2D eigenvalue weighted by Gasteiger charge is 2.01. The van der Waals surface area contributed by atoms with Gasteiger partial charge in [-0.2, -0.15) is 0 Å². The molecular weight excluding hydrogens is 232 g/mol. The summed E-state index contributed by atoms with van der Waals surface area (Å²) in [7, 11) is 0. The summed E-state index contributed by atoms with van der Waals surface area (Å²) in [5.41, 5.74) is 1.02. The van der Waals surface area contributed by atoms with Gasteiger partial charge in [0.2, 0.25) is 0 Å².